The van der Waals surface area contributed by atoms with Gasteiger partial charge in [-0.1, -0.05) is 0 Å². The van der Waals surface area contributed by atoms with E-state index in [0.717, 1.165) is 30.5 Å². The number of piperazine rings is 1. The normalized spacial score (nSPS) is 20.6. The lowest BCUT2D eigenvalue weighted by Crippen LogP contribution is -2.50. The highest BCUT2D eigenvalue weighted by atomic mass is 32.1. The number of hydrogen-bond donors (Lipinski definition) is 0. The van der Waals surface area contributed by atoms with E-state index < -0.39 is 0 Å². The number of anilines is 1. The first-order chi connectivity index (χ1) is 9.10. The van der Waals surface area contributed by atoms with Crippen LogP contribution in [0, 0.1) is 0 Å². The van der Waals surface area contributed by atoms with Crippen molar-refractivity contribution in [3.8, 4) is 0 Å². The van der Waals surface area contributed by atoms with Crippen LogP contribution in [0.25, 0.3) is 0 Å². The van der Waals surface area contributed by atoms with Gasteiger partial charge in [0.05, 0.1) is 19.2 Å². The molecule has 19 heavy (non-hydrogen) atoms. The molecule has 5 nitrogen and oxygen atoms in total. The number of aryl methyl sites for hydroxylation is 1. The zero-order chi connectivity index (χ0) is 13.8. The van der Waals surface area contributed by atoms with Crippen molar-refractivity contribution in [3.05, 3.63) is 11.1 Å². The number of aromatic nitrogens is 1. The van der Waals surface area contributed by atoms with Gasteiger partial charge >= 0.3 is 5.97 Å². The summed E-state index contributed by atoms with van der Waals surface area (Å²) in [5, 5.41) is 3.11. The highest BCUT2D eigenvalue weighted by Gasteiger charge is 2.23. The lowest BCUT2D eigenvalue weighted by molar-refractivity contribution is -0.140. The molecule has 0 aromatic carbocycles. The predicted octanol–water partition coefficient (Wildman–Crippen LogP) is 1.39. The van der Waals surface area contributed by atoms with Gasteiger partial charge in [0.25, 0.3) is 0 Å². The minimum absolute atomic E-state index is 0.178. The van der Waals surface area contributed by atoms with E-state index >= 15 is 0 Å². The smallest absolute Gasteiger partial charge is 0.305 e. The number of ether oxygens (including phenoxy) is 1. The molecule has 1 unspecified atom stereocenters. The summed E-state index contributed by atoms with van der Waals surface area (Å²) in [6.45, 7) is 5.38. The van der Waals surface area contributed by atoms with Crippen molar-refractivity contribution in [1.29, 1.82) is 0 Å². The van der Waals surface area contributed by atoms with Gasteiger partial charge in [-0.15, -0.1) is 11.3 Å². The Kier molecular flexibility index (Phi) is 4.76. The number of methoxy groups -OCH3 is 1. The third-order valence-electron chi connectivity index (χ3n) is 3.43. The molecule has 1 aliphatic rings. The minimum Gasteiger partial charge on any atom is -0.469 e. The van der Waals surface area contributed by atoms with Crippen LogP contribution in [0.2, 0.25) is 0 Å². The highest BCUT2D eigenvalue weighted by molar-refractivity contribution is 7.13. The Bertz CT molecular complexity index is 435. The molecule has 1 aromatic rings. The third kappa shape index (κ3) is 3.67. The molecular formula is C13H21N3O2S. The Hall–Kier alpha value is -1.14. The Labute approximate surface area is 118 Å². The molecule has 0 bridgehead atoms. The molecule has 1 fully saturated rings. The summed E-state index contributed by atoms with van der Waals surface area (Å²) < 4.78 is 4.64. The summed E-state index contributed by atoms with van der Waals surface area (Å²) >= 11 is 1.66. The van der Waals surface area contributed by atoms with Gasteiger partial charge in [0, 0.05) is 37.5 Å². The molecule has 2 heterocycles. The van der Waals surface area contributed by atoms with Crippen molar-refractivity contribution >= 4 is 22.4 Å². The summed E-state index contributed by atoms with van der Waals surface area (Å²) in [7, 11) is 3.57. The van der Waals surface area contributed by atoms with Crippen molar-refractivity contribution in [2.24, 2.45) is 0 Å². The summed E-state index contributed by atoms with van der Waals surface area (Å²) in [5.41, 5.74) is 0.983. The first kappa shape index (κ1) is 14.3. The molecule has 6 heteroatoms. The number of esters is 1. The second kappa shape index (κ2) is 6.34. The van der Waals surface area contributed by atoms with Gasteiger partial charge in [-0.25, -0.2) is 4.98 Å². The maximum atomic E-state index is 11.1. The van der Waals surface area contributed by atoms with Gasteiger partial charge < -0.3 is 14.5 Å². The fourth-order valence-electron chi connectivity index (χ4n) is 2.30. The van der Waals surface area contributed by atoms with Crippen LogP contribution in [0.15, 0.2) is 5.38 Å². The minimum atomic E-state index is -0.178. The van der Waals surface area contributed by atoms with E-state index in [2.05, 4.69) is 33.5 Å². The number of rotatable bonds is 4. The van der Waals surface area contributed by atoms with Crippen LogP contribution in [-0.2, 0) is 16.0 Å². The zero-order valence-corrected chi connectivity index (χ0v) is 12.6. The molecule has 0 N–H and O–H groups in total. The summed E-state index contributed by atoms with van der Waals surface area (Å²) in [4.78, 5) is 20.4. The predicted molar refractivity (Wildman–Crippen MR) is 76.8 cm³/mol. The number of likely N-dealkylation sites (N-methyl/N-ethyl adjacent to an activating group) is 1. The molecule has 0 radical (unpaired) electrons. The molecule has 0 saturated carbocycles. The van der Waals surface area contributed by atoms with Crippen LogP contribution in [0.4, 0.5) is 5.13 Å². The van der Waals surface area contributed by atoms with Crippen LogP contribution in [0.3, 0.4) is 0 Å². The molecule has 0 amide bonds. The van der Waals surface area contributed by atoms with E-state index in [1.54, 1.807) is 11.3 Å². The lowest BCUT2D eigenvalue weighted by Gasteiger charge is -2.38. The van der Waals surface area contributed by atoms with Gasteiger partial charge in [0.1, 0.15) is 0 Å². The number of carbonyl (C=O) groups excluding carboxylic acids is 1. The van der Waals surface area contributed by atoms with E-state index in [9.17, 15) is 4.79 Å². The van der Waals surface area contributed by atoms with E-state index in [1.165, 1.54) is 7.11 Å². The Morgan fingerprint density at radius 3 is 3.05 bits per heavy atom. The van der Waals surface area contributed by atoms with E-state index in [0.29, 0.717) is 18.9 Å². The monoisotopic (exact) mass is 283 g/mol. The Morgan fingerprint density at radius 1 is 1.58 bits per heavy atom. The van der Waals surface area contributed by atoms with E-state index in [4.69, 9.17) is 0 Å². The number of nitrogens with zero attached hydrogens (tertiary/aromatic N) is 3. The second-order valence-electron chi connectivity index (χ2n) is 5.00. The quantitative estimate of drug-likeness (QED) is 0.781. The molecule has 2 rings (SSSR count). The average Bonchev–Trinajstić information content (AvgIpc) is 2.84. The molecular weight excluding hydrogens is 262 g/mol. The van der Waals surface area contributed by atoms with Crippen molar-refractivity contribution < 1.29 is 9.53 Å². The molecule has 1 saturated heterocycles. The number of hydrogen-bond acceptors (Lipinski definition) is 6. The highest BCUT2D eigenvalue weighted by Crippen LogP contribution is 2.25. The maximum absolute atomic E-state index is 11.1. The fourth-order valence-corrected chi connectivity index (χ4v) is 3.29. The average molecular weight is 283 g/mol. The van der Waals surface area contributed by atoms with Crippen LogP contribution in [-0.4, -0.2) is 55.7 Å². The largest absolute Gasteiger partial charge is 0.469 e. The standard InChI is InChI=1S/C13H21N3O2S/c1-10-8-15(2)6-7-16(10)13-14-11(9-19-13)4-5-12(17)18-3/h9-10H,4-8H2,1-3H3. The Morgan fingerprint density at radius 2 is 2.37 bits per heavy atom. The van der Waals surface area contributed by atoms with Crippen molar-refractivity contribution in [3.63, 3.8) is 0 Å². The molecule has 1 atom stereocenters. The molecule has 1 aliphatic heterocycles. The van der Waals surface area contributed by atoms with Crippen LogP contribution in [0.1, 0.15) is 19.0 Å². The molecule has 0 aliphatic carbocycles. The van der Waals surface area contributed by atoms with Crippen LogP contribution >= 0.6 is 11.3 Å². The molecule has 0 spiro atoms. The summed E-state index contributed by atoms with van der Waals surface area (Å²) in [5.74, 6) is -0.178. The van der Waals surface area contributed by atoms with Crippen molar-refractivity contribution in [1.82, 2.24) is 9.88 Å². The van der Waals surface area contributed by atoms with Gasteiger partial charge in [-0.3, -0.25) is 4.79 Å². The van der Waals surface area contributed by atoms with Crippen LogP contribution < -0.4 is 4.90 Å². The first-order valence-corrected chi connectivity index (χ1v) is 7.44. The van der Waals surface area contributed by atoms with E-state index in [-0.39, 0.29) is 5.97 Å². The zero-order valence-electron chi connectivity index (χ0n) is 11.8. The molecule has 106 valence electrons. The Balaban J connectivity index is 1.95. The molecule has 1 aromatic heterocycles. The number of carbonyl (C=O) groups is 1. The summed E-state index contributed by atoms with van der Waals surface area (Å²) in [6.07, 6.45) is 1.06. The van der Waals surface area contributed by atoms with Gasteiger partial charge in [0.2, 0.25) is 0 Å². The maximum Gasteiger partial charge on any atom is 0.305 e. The van der Waals surface area contributed by atoms with Gasteiger partial charge in [0.15, 0.2) is 5.13 Å². The second-order valence-corrected chi connectivity index (χ2v) is 5.84. The first-order valence-electron chi connectivity index (χ1n) is 6.56. The van der Waals surface area contributed by atoms with Crippen molar-refractivity contribution in [2.45, 2.75) is 25.8 Å². The van der Waals surface area contributed by atoms with Crippen molar-refractivity contribution in [2.75, 3.05) is 38.7 Å². The van der Waals surface area contributed by atoms with Gasteiger partial charge in [-0.2, -0.15) is 0 Å². The SMILES string of the molecule is COC(=O)CCc1csc(N2CCN(C)CC2C)n1. The van der Waals surface area contributed by atoms with Gasteiger partial charge in [-0.05, 0) is 14.0 Å². The summed E-state index contributed by atoms with van der Waals surface area (Å²) in [6, 6.07) is 0.485. The lowest BCUT2D eigenvalue weighted by atomic mass is 10.2. The topological polar surface area (TPSA) is 45.7 Å². The third-order valence-corrected chi connectivity index (χ3v) is 4.36. The van der Waals surface area contributed by atoms with Crippen LogP contribution in [0.5, 0.6) is 0 Å². The number of thiazole rings is 1. The fraction of sp³-hybridized carbons (Fsp3) is 0.692. The van der Waals surface area contributed by atoms with E-state index in [1.807, 2.05) is 5.38 Å².